The Morgan fingerprint density at radius 3 is 2.16 bits per heavy atom. The summed E-state index contributed by atoms with van der Waals surface area (Å²) in [4.78, 5) is 9.50. The van der Waals surface area contributed by atoms with Crippen molar-refractivity contribution in [2.45, 2.75) is 73.5 Å². The van der Waals surface area contributed by atoms with E-state index >= 15 is 0 Å². The molecule has 51 heavy (non-hydrogen) atoms. The minimum absolute atomic E-state index is 0. The second-order valence-corrected chi connectivity index (χ2v) is 21.9. The van der Waals surface area contributed by atoms with Crippen molar-refractivity contribution in [1.82, 2.24) is 9.97 Å². The maximum atomic E-state index is 4.84. The zero-order valence-corrected chi connectivity index (χ0v) is 35.5. The van der Waals surface area contributed by atoms with E-state index in [0.717, 1.165) is 28.9 Å². The van der Waals surface area contributed by atoms with E-state index in [1.54, 1.807) is 0 Å². The summed E-state index contributed by atoms with van der Waals surface area (Å²) in [7, 11) is -1.34. The molecule has 2 nitrogen and oxygen atoms in total. The Kier molecular flexibility index (Phi) is 12.0. The quantitative estimate of drug-likeness (QED) is 0.123. The van der Waals surface area contributed by atoms with Crippen LogP contribution in [-0.2, 0) is 26.5 Å². The maximum absolute atomic E-state index is 4.84. The summed E-state index contributed by atoms with van der Waals surface area (Å²) in [5, 5.41) is 4.08. The van der Waals surface area contributed by atoms with Crippen LogP contribution in [0.2, 0.25) is 19.6 Å². The molecule has 0 fully saturated rings. The molecule has 5 heteroatoms. The maximum Gasteiger partial charge on any atom is 0.0799 e. The van der Waals surface area contributed by atoms with Crippen LogP contribution in [0.1, 0.15) is 57.2 Å². The van der Waals surface area contributed by atoms with E-state index in [0.29, 0.717) is 5.92 Å². The van der Waals surface area contributed by atoms with Crippen LogP contribution in [0.5, 0.6) is 0 Å². The Bertz CT molecular complexity index is 2240. The van der Waals surface area contributed by atoms with Gasteiger partial charge in [-0.2, -0.15) is 11.3 Å². The van der Waals surface area contributed by atoms with Crippen molar-refractivity contribution in [3.8, 4) is 33.6 Å². The van der Waals surface area contributed by atoms with Gasteiger partial charge in [0.1, 0.15) is 0 Å². The fourth-order valence-electron chi connectivity index (χ4n) is 6.55. The molecule has 7 aromatic rings. The molecule has 0 spiro atoms. The summed E-state index contributed by atoms with van der Waals surface area (Å²) in [6.07, 6.45) is 5.15. The third kappa shape index (κ3) is 8.84. The minimum atomic E-state index is -1.34. The average Bonchev–Trinajstić information content (AvgIpc) is 3.49. The van der Waals surface area contributed by atoms with Crippen LogP contribution in [0, 0.1) is 24.5 Å². The number of rotatable bonds is 6. The molecule has 0 aliphatic rings. The van der Waals surface area contributed by atoms with Crippen LogP contribution in [0.15, 0.2) is 109 Å². The monoisotopic (exact) mass is 881 g/mol. The van der Waals surface area contributed by atoms with Crippen LogP contribution in [0.4, 0.5) is 0 Å². The third-order valence-corrected chi connectivity index (χ3v) is 12.3. The predicted molar refractivity (Wildman–Crippen MR) is 220 cm³/mol. The number of pyridine rings is 2. The average molecular weight is 881 g/mol. The van der Waals surface area contributed by atoms with Gasteiger partial charge in [-0.1, -0.05) is 143 Å². The van der Waals surface area contributed by atoms with Crippen molar-refractivity contribution >= 4 is 44.8 Å². The Balaban J connectivity index is 0.000000218. The predicted octanol–water partition coefficient (Wildman–Crippen LogP) is 12.7. The Morgan fingerprint density at radius 2 is 1.49 bits per heavy atom. The summed E-state index contributed by atoms with van der Waals surface area (Å²) in [6, 6.07) is 40.9. The molecule has 0 bridgehead atoms. The zero-order chi connectivity index (χ0) is 35.6. The molecule has 4 aromatic carbocycles. The molecule has 263 valence electrons. The first-order valence-corrected chi connectivity index (χ1v) is 22.0. The molecule has 0 saturated carbocycles. The normalized spacial score (nSPS) is 11.7. The molecule has 0 N–H and O–H groups in total. The van der Waals surface area contributed by atoms with E-state index in [1.807, 2.05) is 35.7 Å². The summed E-state index contributed by atoms with van der Waals surface area (Å²) >= 11 is 1.84. The van der Waals surface area contributed by atoms with Crippen molar-refractivity contribution in [3.05, 3.63) is 138 Å². The number of thiophene rings is 1. The van der Waals surface area contributed by atoms with E-state index in [-0.39, 0.29) is 25.5 Å². The first kappa shape index (κ1) is 38.5. The van der Waals surface area contributed by atoms with Crippen LogP contribution in [0.25, 0.3) is 53.8 Å². The molecule has 0 unspecified atom stereocenters. The van der Waals surface area contributed by atoms with Gasteiger partial charge in [-0.15, -0.1) is 53.6 Å². The molecule has 3 heterocycles. The molecule has 0 saturated heterocycles. The molecule has 1 radical (unpaired) electrons. The number of benzene rings is 4. The molecule has 0 atom stereocenters. The van der Waals surface area contributed by atoms with Gasteiger partial charge >= 0.3 is 0 Å². The van der Waals surface area contributed by atoms with Crippen molar-refractivity contribution in [1.29, 1.82) is 0 Å². The van der Waals surface area contributed by atoms with Crippen LogP contribution < -0.4 is 5.19 Å². The van der Waals surface area contributed by atoms with Gasteiger partial charge in [0, 0.05) is 37.2 Å². The SMILES string of the molecule is CC(C)c1cc(-c2[c-]cccc2)ncc1[Si](C)(C)C.Cc1cnc(-c2[c-]cc(-c3ccccc3)c3c2sc2ccccc23)cc1CC(C)(C)C.[Ir]. The smallest absolute Gasteiger partial charge is 0.0799 e. The minimum Gasteiger partial charge on any atom is -0.305 e. The van der Waals surface area contributed by atoms with E-state index in [2.05, 4.69) is 163 Å². The van der Waals surface area contributed by atoms with Crippen molar-refractivity contribution < 1.29 is 20.1 Å². The first-order valence-electron chi connectivity index (χ1n) is 17.6. The van der Waals surface area contributed by atoms with Gasteiger partial charge in [0.25, 0.3) is 0 Å². The summed E-state index contributed by atoms with van der Waals surface area (Å²) in [6.45, 7) is 20.7. The van der Waals surface area contributed by atoms with Gasteiger partial charge in [-0.25, -0.2) is 0 Å². The number of hydrogen-bond acceptors (Lipinski definition) is 3. The van der Waals surface area contributed by atoms with E-state index in [4.69, 9.17) is 4.98 Å². The number of aromatic nitrogens is 2. The van der Waals surface area contributed by atoms with Gasteiger partial charge in [0.05, 0.1) is 8.07 Å². The number of fused-ring (bicyclic) bond motifs is 3. The molecular formula is C46H48IrN2SSi-2. The van der Waals surface area contributed by atoms with Crippen molar-refractivity contribution in [2.24, 2.45) is 5.41 Å². The second kappa shape index (κ2) is 15.9. The Morgan fingerprint density at radius 1 is 0.804 bits per heavy atom. The Labute approximate surface area is 323 Å². The fraction of sp³-hybridized carbons (Fsp3) is 0.261. The van der Waals surface area contributed by atoms with E-state index < -0.39 is 8.07 Å². The van der Waals surface area contributed by atoms with Gasteiger partial charge in [0.2, 0.25) is 0 Å². The van der Waals surface area contributed by atoms with Gasteiger partial charge in [0.15, 0.2) is 0 Å². The number of nitrogens with zero attached hydrogens (tertiary/aromatic N) is 2. The van der Waals surface area contributed by atoms with Crippen LogP contribution in [0.3, 0.4) is 0 Å². The molecule has 0 aliphatic carbocycles. The third-order valence-electron chi connectivity index (χ3n) is 9.08. The first-order chi connectivity index (χ1) is 23.8. The number of aryl methyl sites for hydroxylation is 1. The van der Waals surface area contributed by atoms with E-state index in [1.165, 1.54) is 53.2 Å². The second-order valence-electron chi connectivity index (χ2n) is 15.8. The summed E-state index contributed by atoms with van der Waals surface area (Å²) < 4.78 is 2.57. The molecular weight excluding hydrogens is 833 g/mol. The van der Waals surface area contributed by atoms with Crippen LogP contribution in [-0.4, -0.2) is 18.0 Å². The zero-order valence-electron chi connectivity index (χ0n) is 31.3. The topological polar surface area (TPSA) is 25.8 Å². The van der Waals surface area contributed by atoms with E-state index in [9.17, 15) is 0 Å². The van der Waals surface area contributed by atoms with Crippen LogP contribution >= 0.6 is 11.3 Å². The van der Waals surface area contributed by atoms with Gasteiger partial charge in [-0.3, -0.25) is 0 Å². The van der Waals surface area contributed by atoms with Crippen molar-refractivity contribution in [3.63, 3.8) is 0 Å². The molecule has 3 aromatic heterocycles. The summed E-state index contributed by atoms with van der Waals surface area (Å²) in [5.41, 5.74) is 11.0. The molecule has 7 rings (SSSR count). The Hall–Kier alpha value is -3.73. The fourth-order valence-corrected chi connectivity index (χ4v) is 9.46. The van der Waals surface area contributed by atoms with Gasteiger partial charge in [-0.05, 0) is 63.0 Å². The molecule has 0 aliphatic heterocycles. The van der Waals surface area contributed by atoms with Gasteiger partial charge < -0.3 is 9.97 Å². The summed E-state index contributed by atoms with van der Waals surface area (Å²) in [5.74, 6) is 0.534. The largest absolute Gasteiger partial charge is 0.305 e. The molecule has 0 amide bonds. The van der Waals surface area contributed by atoms with Crippen molar-refractivity contribution in [2.75, 3.05) is 0 Å². The standard InChI is InChI=1S/C29H26NS.C17H22NSi.Ir/c1-19-18-30-25(16-21(19)17-29(2,3)4)23-15-14-22(20-10-6-5-7-11-20)27-24-12-8-9-13-26(24)31-28(23)27;1-13(2)15-11-16(14-9-7-6-8-10-14)18-12-17(15)19(3,4)5;/h5-14,16,18H,17H2,1-4H3;6-9,11-13H,1-5H3;/q2*-1;. The number of hydrogen-bond donors (Lipinski definition) is 0.